The maximum absolute atomic E-state index is 9.65. The second-order valence-electron chi connectivity index (χ2n) is 19.0. The average molecular weight is 879 g/mol. The summed E-state index contributed by atoms with van der Waals surface area (Å²) in [5.41, 5.74) is 14.1. The molecule has 0 N–H and O–H groups in total. The SMILES string of the molecule is CCCOc1cc(C=C(C#N)C#N)sc1C1=Cc2cc3c(cc2C12CCCCC2)-c1cc2c(cc1C31CCCCC1)C=C(c1sc(C=C(C#N)C#N)cc1OCCC)C21CCCCC1. The highest BCUT2D eigenvalue weighted by molar-refractivity contribution is 7.14. The molecule has 322 valence electrons. The molecule has 2 heterocycles. The Labute approximate surface area is 386 Å². The zero-order valence-corrected chi connectivity index (χ0v) is 38.8. The molecule has 0 radical (unpaired) electrons. The normalized spacial score (nSPS) is 18.9. The van der Waals surface area contributed by atoms with Crippen molar-refractivity contribution < 1.29 is 9.47 Å². The monoisotopic (exact) mass is 878 g/mol. The van der Waals surface area contributed by atoms with Gasteiger partial charge in [0.2, 0.25) is 0 Å². The van der Waals surface area contributed by atoms with E-state index in [0.29, 0.717) is 13.2 Å². The summed E-state index contributed by atoms with van der Waals surface area (Å²) >= 11 is 3.32. The highest BCUT2D eigenvalue weighted by Gasteiger charge is 2.51. The number of rotatable bonds is 10. The van der Waals surface area contributed by atoms with Crippen LogP contribution in [0.5, 0.6) is 11.5 Å². The average Bonchev–Trinajstić information content (AvgIpc) is 4.12. The zero-order valence-electron chi connectivity index (χ0n) is 37.1. The van der Waals surface area contributed by atoms with Crippen LogP contribution in [-0.2, 0) is 16.2 Å². The highest BCUT2D eigenvalue weighted by Crippen LogP contribution is 2.65. The minimum Gasteiger partial charge on any atom is -0.492 e. The van der Waals surface area contributed by atoms with E-state index in [2.05, 4.69) is 74.5 Å². The standard InChI is InChI=1S/C56H54N4O2S2/c1-3-20-61-50-28-40(22-36(32-57)33-58)63-52(50)48-26-38-24-46-42(30-44(38)54(48)14-8-5-9-15-54)43-31-45-39(25-47(43)56(46)18-12-7-13-19-56)27-49(55(45)16-10-6-11-17-55)53-51(62-21-4-2)29-41(64-53)23-37(34-59)35-60/h22-31H,3-21H2,1-2H3. The van der Waals surface area contributed by atoms with E-state index in [1.807, 2.05) is 12.1 Å². The summed E-state index contributed by atoms with van der Waals surface area (Å²) in [5.74, 6) is 1.73. The number of hydrogen-bond acceptors (Lipinski definition) is 8. The molecule has 3 spiro atoms. The Balaban J connectivity index is 1.14. The molecule has 10 rings (SSSR count). The Morgan fingerprint density at radius 1 is 0.516 bits per heavy atom. The zero-order chi connectivity index (χ0) is 44.1. The summed E-state index contributed by atoms with van der Waals surface area (Å²) in [6.07, 6.45) is 27.8. The molecule has 8 heteroatoms. The first-order valence-corrected chi connectivity index (χ1v) is 25.4. The van der Waals surface area contributed by atoms with Crippen LogP contribution in [0.15, 0.2) is 47.5 Å². The van der Waals surface area contributed by atoms with Gasteiger partial charge in [-0.3, -0.25) is 0 Å². The van der Waals surface area contributed by atoms with E-state index in [1.54, 1.807) is 34.8 Å². The van der Waals surface area contributed by atoms with Crippen LogP contribution in [0.1, 0.15) is 176 Å². The van der Waals surface area contributed by atoms with Crippen molar-refractivity contribution in [2.24, 2.45) is 0 Å². The van der Waals surface area contributed by atoms with Gasteiger partial charge in [0.1, 0.15) is 46.9 Å². The smallest absolute Gasteiger partial charge is 0.138 e. The molecule has 3 fully saturated rings. The summed E-state index contributed by atoms with van der Waals surface area (Å²) in [7, 11) is 0. The third-order valence-electron chi connectivity index (χ3n) is 15.4. The van der Waals surface area contributed by atoms with Crippen molar-refractivity contribution in [3.8, 4) is 46.9 Å². The van der Waals surface area contributed by atoms with Crippen molar-refractivity contribution in [3.05, 3.63) is 100 Å². The van der Waals surface area contributed by atoms with E-state index in [0.717, 1.165) is 82.4 Å². The molecular formula is C56H54N4O2S2. The van der Waals surface area contributed by atoms with Crippen LogP contribution < -0.4 is 9.47 Å². The summed E-state index contributed by atoms with van der Waals surface area (Å²) in [5, 5.41) is 38.6. The van der Waals surface area contributed by atoms with Gasteiger partial charge in [-0.25, -0.2) is 0 Å². The molecule has 6 aliphatic carbocycles. The second-order valence-corrected chi connectivity index (χ2v) is 21.1. The van der Waals surface area contributed by atoms with E-state index in [9.17, 15) is 21.0 Å². The molecule has 6 nitrogen and oxygen atoms in total. The van der Waals surface area contributed by atoms with Crippen molar-refractivity contribution in [1.82, 2.24) is 0 Å². The van der Waals surface area contributed by atoms with Gasteiger partial charge >= 0.3 is 0 Å². The minimum absolute atomic E-state index is 0.0395. The number of nitrogens with zero attached hydrogens (tertiary/aromatic N) is 4. The van der Waals surface area contributed by atoms with Crippen LogP contribution in [0.2, 0.25) is 0 Å². The molecule has 2 aromatic heterocycles. The van der Waals surface area contributed by atoms with E-state index < -0.39 is 0 Å². The minimum atomic E-state index is -0.137. The lowest BCUT2D eigenvalue weighted by Crippen LogP contribution is -2.30. The first kappa shape index (κ1) is 42.3. The fourth-order valence-corrected chi connectivity index (χ4v) is 14.9. The molecule has 0 aliphatic heterocycles. The second kappa shape index (κ2) is 17.1. The van der Waals surface area contributed by atoms with Crippen LogP contribution in [0.3, 0.4) is 0 Å². The van der Waals surface area contributed by atoms with Gasteiger partial charge in [0.25, 0.3) is 0 Å². The fourth-order valence-electron chi connectivity index (χ4n) is 12.6. The molecule has 4 aromatic rings. The molecule has 0 bridgehead atoms. The molecule has 0 saturated heterocycles. The molecule has 0 amide bonds. The van der Waals surface area contributed by atoms with Crippen molar-refractivity contribution in [2.75, 3.05) is 13.2 Å². The number of hydrogen-bond donors (Lipinski definition) is 0. The topological polar surface area (TPSA) is 114 Å². The predicted octanol–water partition coefficient (Wildman–Crippen LogP) is 15.0. The first-order chi connectivity index (χ1) is 31.3. The van der Waals surface area contributed by atoms with Crippen molar-refractivity contribution in [1.29, 1.82) is 21.0 Å². The molecule has 64 heavy (non-hydrogen) atoms. The predicted molar refractivity (Wildman–Crippen MR) is 260 cm³/mol. The number of allylic oxidation sites excluding steroid dienone is 4. The third kappa shape index (κ3) is 6.72. The number of nitriles is 4. The number of fused-ring (bicyclic) bond motifs is 9. The van der Waals surface area contributed by atoms with Gasteiger partial charge in [-0.05, 0) is 168 Å². The van der Waals surface area contributed by atoms with Gasteiger partial charge in [0.15, 0.2) is 0 Å². The molecular weight excluding hydrogens is 825 g/mol. The van der Waals surface area contributed by atoms with Crippen molar-refractivity contribution in [2.45, 2.75) is 139 Å². The Hall–Kier alpha value is -5.64. The summed E-state index contributed by atoms with van der Waals surface area (Å²) in [6.45, 7) is 5.49. The maximum Gasteiger partial charge on any atom is 0.138 e. The lowest BCUT2D eigenvalue weighted by Gasteiger charge is -2.39. The van der Waals surface area contributed by atoms with Crippen molar-refractivity contribution >= 4 is 58.1 Å². The van der Waals surface area contributed by atoms with Crippen molar-refractivity contribution in [3.63, 3.8) is 0 Å². The quantitative estimate of drug-likeness (QED) is 0.147. The van der Waals surface area contributed by atoms with Crippen LogP contribution in [-0.4, -0.2) is 13.2 Å². The largest absolute Gasteiger partial charge is 0.492 e. The molecule has 2 aromatic carbocycles. The third-order valence-corrected chi connectivity index (χ3v) is 17.6. The summed E-state index contributed by atoms with van der Waals surface area (Å²) in [4.78, 5) is 4.04. The van der Waals surface area contributed by atoms with Crippen LogP contribution >= 0.6 is 22.7 Å². The van der Waals surface area contributed by atoms with E-state index in [1.165, 1.54) is 113 Å². The highest BCUT2D eigenvalue weighted by atomic mass is 32.1. The first-order valence-electron chi connectivity index (χ1n) is 23.8. The maximum atomic E-state index is 9.65. The van der Waals surface area contributed by atoms with E-state index in [-0.39, 0.29) is 27.4 Å². The molecule has 0 unspecified atom stereocenters. The molecule has 0 atom stereocenters. The van der Waals surface area contributed by atoms with Crippen LogP contribution in [0, 0.1) is 45.3 Å². The van der Waals surface area contributed by atoms with Gasteiger partial charge in [-0.1, -0.05) is 71.6 Å². The van der Waals surface area contributed by atoms with Crippen LogP contribution in [0.25, 0.3) is 46.6 Å². The summed E-state index contributed by atoms with van der Waals surface area (Å²) in [6, 6.07) is 22.9. The van der Waals surface area contributed by atoms with Gasteiger partial charge in [0, 0.05) is 26.0 Å². The Morgan fingerprint density at radius 2 is 0.891 bits per heavy atom. The number of benzene rings is 2. The lowest BCUT2D eigenvalue weighted by molar-refractivity contribution is 0.316. The Kier molecular flexibility index (Phi) is 11.3. The van der Waals surface area contributed by atoms with Gasteiger partial charge in [-0.2, -0.15) is 21.0 Å². The van der Waals surface area contributed by atoms with Crippen LogP contribution in [0.4, 0.5) is 0 Å². The van der Waals surface area contributed by atoms with E-state index in [4.69, 9.17) is 9.47 Å². The molecule has 3 saturated carbocycles. The lowest BCUT2D eigenvalue weighted by atomic mass is 9.65. The summed E-state index contributed by atoms with van der Waals surface area (Å²) < 4.78 is 13.0. The van der Waals surface area contributed by atoms with Gasteiger partial charge in [-0.15, -0.1) is 22.7 Å². The Bertz CT molecular complexity index is 2630. The van der Waals surface area contributed by atoms with Gasteiger partial charge in [0.05, 0.1) is 23.0 Å². The number of ether oxygens (including phenoxy) is 2. The van der Waals surface area contributed by atoms with Gasteiger partial charge < -0.3 is 9.47 Å². The number of thiophene rings is 2. The van der Waals surface area contributed by atoms with E-state index >= 15 is 0 Å². The fraction of sp³-hybridized carbons (Fsp3) is 0.429. The molecule has 6 aliphatic rings. The Morgan fingerprint density at radius 3 is 1.25 bits per heavy atom.